The molecule has 1 heterocycles. The van der Waals surface area contributed by atoms with Gasteiger partial charge in [0.05, 0.1) is 18.1 Å². The van der Waals surface area contributed by atoms with Crippen LogP contribution in [0, 0.1) is 11.3 Å². The Morgan fingerprint density at radius 2 is 2.19 bits per heavy atom. The molecule has 0 atom stereocenters. The molecule has 1 aromatic rings. The van der Waals surface area contributed by atoms with Crippen LogP contribution in [0.4, 0.5) is 13.2 Å². The van der Waals surface area contributed by atoms with Crippen LogP contribution in [0.15, 0.2) is 23.1 Å². The smallest absolute Gasteiger partial charge is 0.328 e. The number of aromatic nitrogens is 1. The van der Waals surface area contributed by atoms with E-state index < -0.39 is 17.3 Å². The standard InChI is InChI=1S/C10H7F3N2O/c11-10(12,13)8-5-7(3-1-2-4-14)9(16)15-6-8/h1,3,5-6H,2H2,(H,15,16). The molecule has 0 amide bonds. The maximum Gasteiger partial charge on any atom is 0.417 e. The number of alkyl halides is 3. The summed E-state index contributed by atoms with van der Waals surface area (Å²) in [5, 5.41) is 8.23. The average Bonchev–Trinajstić information content (AvgIpc) is 2.19. The van der Waals surface area contributed by atoms with Crippen molar-refractivity contribution in [3.63, 3.8) is 0 Å². The number of rotatable bonds is 2. The van der Waals surface area contributed by atoms with Crippen LogP contribution in [0.2, 0.25) is 0 Å². The summed E-state index contributed by atoms with van der Waals surface area (Å²) in [6, 6.07) is 2.52. The molecule has 0 fully saturated rings. The molecule has 84 valence electrons. The Morgan fingerprint density at radius 3 is 2.75 bits per heavy atom. The van der Waals surface area contributed by atoms with Gasteiger partial charge in [0, 0.05) is 11.8 Å². The normalized spacial score (nSPS) is 11.6. The Labute approximate surface area is 88.8 Å². The molecule has 3 nitrogen and oxygen atoms in total. The second kappa shape index (κ2) is 4.66. The second-order valence-corrected chi connectivity index (χ2v) is 2.94. The van der Waals surface area contributed by atoms with Crippen LogP contribution in [-0.4, -0.2) is 4.98 Å². The SMILES string of the molecule is N#CCC=Cc1cc(C(F)(F)F)c[nH]c1=O. The van der Waals surface area contributed by atoms with Gasteiger partial charge in [0.1, 0.15) is 0 Å². The lowest BCUT2D eigenvalue weighted by Crippen LogP contribution is -2.14. The molecule has 0 aromatic carbocycles. The Hall–Kier alpha value is -2.03. The highest BCUT2D eigenvalue weighted by Crippen LogP contribution is 2.28. The van der Waals surface area contributed by atoms with Gasteiger partial charge in [-0.1, -0.05) is 12.2 Å². The molecule has 1 aromatic heterocycles. The van der Waals surface area contributed by atoms with Gasteiger partial charge in [-0.15, -0.1) is 0 Å². The van der Waals surface area contributed by atoms with E-state index in [-0.39, 0.29) is 12.0 Å². The van der Waals surface area contributed by atoms with E-state index in [1.54, 1.807) is 6.07 Å². The van der Waals surface area contributed by atoms with Crippen LogP contribution in [-0.2, 0) is 6.18 Å². The molecule has 1 N–H and O–H groups in total. The molecule has 0 bridgehead atoms. The number of pyridine rings is 1. The van der Waals surface area contributed by atoms with Gasteiger partial charge in [-0.2, -0.15) is 18.4 Å². The van der Waals surface area contributed by atoms with Crippen molar-refractivity contribution in [1.29, 1.82) is 5.26 Å². The molecular formula is C10H7F3N2O. The van der Waals surface area contributed by atoms with E-state index in [1.165, 1.54) is 12.2 Å². The number of nitrogens with zero attached hydrogens (tertiary/aromatic N) is 1. The maximum atomic E-state index is 12.3. The molecule has 0 aliphatic rings. The fourth-order valence-electron chi connectivity index (χ4n) is 1.03. The van der Waals surface area contributed by atoms with E-state index in [9.17, 15) is 18.0 Å². The lowest BCUT2D eigenvalue weighted by molar-refractivity contribution is -0.137. The van der Waals surface area contributed by atoms with Crippen LogP contribution < -0.4 is 5.56 Å². The van der Waals surface area contributed by atoms with Crippen molar-refractivity contribution in [2.24, 2.45) is 0 Å². The molecule has 0 unspecified atom stereocenters. The van der Waals surface area contributed by atoms with Gasteiger partial charge < -0.3 is 4.98 Å². The van der Waals surface area contributed by atoms with Gasteiger partial charge >= 0.3 is 6.18 Å². The van der Waals surface area contributed by atoms with E-state index in [1.807, 2.05) is 4.98 Å². The maximum absolute atomic E-state index is 12.3. The van der Waals surface area contributed by atoms with Gasteiger partial charge in [-0.05, 0) is 6.07 Å². The zero-order chi connectivity index (χ0) is 12.2. The number of aromatic amines is 1. The third-order valence-corrected chi connectivity index (χ3v) is 1.77. The lowest BCUT2D eigenvalue weighted by atomic mass is 10.2. The monoisotopic (exact) mass is 228 g/mol. The summed E-state index contributed by atoms with van der Waals surface area (Å²) in [5.41, 5.74) is -1.67. The van der Waals surface area contributed by atoms with Crippen LogP contribution in [0.25, 0.3) is 6.08 Å². The second-order valence-electron chi connectivity index (χ2n) is 2.94. The quantitative estimate of drug-likeness (QED) is 0.844. The summed E-state index contributed by atoms with van der Waals surface area (Å²) in [6.45, 7) is 0. The minimum Gasteiger partial charge on any atom is -0.328 e. The van der Waals surface area contributed by atoms with Gasteiger partial charge in [-0.25, -0.2) is 0 Å². The number of H-pyrrole nitrogens is 1. The number of nitrogens with one attached hydrogen (secondary N) is 1. The molecule has 0 saturated carbocycles. The fraction of sp³-hybridized carbons (Fsp3) is 0.200. The molecule has 0 aliphatic heterocycles. The van der Waals surface area contributed by atoms with Crippen molar-refractivity contribution in [2.75, 3.05) is 0 Å². The minimum absolute atomic E-state index is 0.0374. The molecule has 0 saturated heterocycles. The van der Waals surface area contributed by atoms with Crippen molar-refractivity contribution in [1.82, 2.24) is 4.98 Å². The first-order valence-corrected chi connectivity index (χ1v) is 4.28. The fourth-order valence-corrected chi connectivity index (χ4v) is 1.03. The van der Waals surface area contributed by atoms with Gasteiger partial charge in [0.2, 0.25) is 0 Å². The summed E-state index contributed by atoms with van der Waals surface area (Å²) in [4.78, 5) is 13.1. The van der Waals surface area contributed by atoms with Gasteiger partial charge in [0.15, 0.2) is 0 Å². The minimum atomic E-state index is -4.50. The van der Waals surface area contributed by atoms with Gasteiger partial charge in [0.25, 0.3) is 5.56 Å². The Bertz CT molecular complexity index is 494. The highest BCUT2D eigenvalue weighted by molar-refractivity contribution is 5.49. The molecular weight excluding hydrogens is 221 g/mol. The van der Waals surface area contributed by atoms with Crippen LogP contribution in [0.5, 0.6) is 0 Å². The van der Waals surface area contributed by atoms with E-state index >= 15 is 0 Å². The van der Waals surface area contributed by atoms with E-state index in [0.717, 1.165) is 6.07 Å². The van der Waals surface area contributed by atoms with Crippen molar-refractivity contribution < 1.29 is 13.2 Å². The number of hydrogen-bond donors (Lipinski definition) is 1. The van der Waals surface area contributed by atoms with Crippen LogP contribution in [0.1, 0.15) is 17.5 Å². The topological polar surface area (TPSA) is 56.6 Å². The van der Waals surface area contributed by atoms with Crippen molar-refractivity contribution in [3.05, 3.63) is 39.8 Å². The van der Waals surface area contributed by atoms with Crippen LogP contribution in [0.3, 0.4) is 0 Å². The molecule has 6 heteroatoms. The van der Waals surface area contributed by atoms with Crippen molar-refractivity contribution in [2.45, 2.75) is 12.6 Å². The zero-order valence-corrected chi connectivity index (χ0v) is 8.01. The molecule has 0 spiro atoms. The number of nitriles is 1. The van der Waals surface area contributed by atoms with E-state index in [0.29, 0.717) is 6.20 Å². The van der Waals surface area contributed by atoms with Gasteiger partial charge in [-0.3, -0.25) is 4.79 Å². The molecule has 0 radical (unpaired) electrons. The molecule has 16 heavy (non-hydrogen) atoms. The van der Waals surface area contributed by atoms with Crippen LogP contribution >= 0.6 is 0 Å². The number of hydrogen-bond acceptors (Lipinski definition) is 2. The summed E-state index contributed by atoms with van der Waals surface area (Å²) in [5.74, 6) is 0. The predicted octanol–water partition coefficient (Wildman–Crippen LogP) is 2.32. The highest BCUT2D eigenvalue weighted by atomic mass is 19.4. The van der Waals surface area contributed by atoms with E-state index in [4.69, 9.17) is 5.26 Å². The Balaban J connectivity index is 3.11. The average molecular weight is 228 g/mol. The molecule has 0 aliphatic carbocycles. The van der Waals surface area contributed by atoms with Crippen molar-refractivity contribution >= 4 is 6.08 Å². The number of allylic oxidation sites excluding steroid dienone is 1. The zero-order valence-electron chi connectivity index (χ0n) is 8.01. The molecule has 1 rings (SSSR count). The first-order valence-electron chi connectivity index (χ1n) is 4.28. The summed E-state index contributed by atoms with van der Waals surface area (Å²) in [7, 11) is 0. The Morgan fingerprint density at radius 1 is 1.50 bits per heavy atom. The third kappa shape index (κ3) is 2.98. The lowest BCUT2D eigenvalue weighted by Gasteiger charge is -2.05. The third-order valence-electron chi connectivity index (χ3n) is 1.77. The summed E-state index contributed by atoms with van der Waals surface area (Å²) < 4.78 is 36.9. The summed E-state index contributed by atoms with van der Waals surface area (Å²) in [6.07, 6.45) is -1.33. The summed E-state index contributed by atoms with van der Waals surface area (Å²) >= 11 is 0. The van der Waals surface area contributed by atoms with E-state index in [2.05, 4.69) is 0 Å². The number of halogens is 3. The largest absolute Gasteiger partial charge is 0.417 e. The first-order chi connectivity index (χ1) is 7.45. The highest BCUT2D eigenvalue weighted by Gasteiger charge is 2.31. The Kier molecular flexibility index (Phi) is 3.51. The first kappa shape index (κ1) is 12.0. The van der Waals surface area contributed by atoms with Crippen molar-refractivity contribution in [3.8, 4) is 6.07 Å². The predicted molar refractivity (Wildman–Crippen MR) is 51.3 cm³/mol.